The predicted octanol–water partition coefficient (Wildman–Crippen LogP) is 13.9. The van der Waals surface area contributed by atoms with Gasteiger partial charge in [0, 0.05) is 25.9 Å². The molecule has 69 heavy (non-hydrogen) atoms. The molecule has 0 amide bonds. The molecule has 10 heteroatoms. The molecule has 0 aliphatic heterocycles. The van der Waals surface area contributed by atoms with Crippen LogP contribution in [-0.2, 0) is 42.8 Å². The molecule has 5 saturated carbocycles. The first kappa shape index (κ1) is 57.9. The van der Waals surface area contributed by atoms with Crippen LogP contribution in [0.3, 0.4) is 0 Å². The van der Waals surface area contributed by atoms with Crippen molar-refractivity contribution in [1.82, 2.24) is 0 Å². The first-order valence-electron chi connectivity index (χ1n) is 29.5. The van der Waals surface area contributed by atoms with Crippen molar-refractivity contribution < 1.29 is 47.9 Å². The molecule has 1 N–H and O–H groups in total. The molecule has 0 bridgehead atoms. The Hall–Kier alpha value is -2.01. The Labute approximate surface area is 420 Å². The lowest BCUT2D eigenvalue weighted by Crippen LogP contribution is -2.43. The second-order valence-electron chi connectivity index (χ2n) is 22.5. The molecule has 0 saturated heterocycles. The van der Waals surface area contributed by atoms with E-state index in [1.807, 2.05) is 0 Å². The Morgan fingerprint density at radius 1 is 0.449 bits per heavy atom. The topological polar surface area (TPSA) is 127 Å². The molecule has 0 radical (unpaired) electrons. The third kappa shape index (κ3) is 21.9. The van der Waals surface area contributed by atoms with Gasteiger partial charge in [-0.3, -0.25) is 9.59 Å². The van der Waals surface area contributed by atoms with Gasteiger partial charge in [0.15, 0.2) is 0 Å². The fourth-order valence-corrected chi connectivity index (χ4v) is 12.8. The highest BCUT2D eigenvalue weighted by Gasteiger charge is 2.42. The molecule has 398 valence electrons. The molecule has 8 atom stereocenters. The number of aliphatic hydroxyl groups excluding tert-OH is 1. The van der Waals surface area contributed by atoms with Crippen LogP contribution in [0.15, 0.2) is 12.7 Å². The van der Waals surface area contributed by atoms with Crippen LogP contribution < -0.4 is 0 Å². The molecule has 5 rings (SSSR count). The Balaban J connectivity index is 1.02. The van der Waals surface area contributed by atoms with E-state index < -0.39 is 0 Å². The van der Waals surface area contributed by atoms with Crippen molar-refractivity contribution in [2.75, 3.05) is 26.4 Å². The first-order valence-corrected chi connectivity index (χ1v) is 29.5. The second-order valence-corrected chi connectivity index (χ2v) is 22.5. The summed E-state index contributed by atoms with van der Waals surface area (Å²) >= 11 is 0. The summed E-state index contributed by atoms with van der Waals surface area (Å²) in [6.45, 7) is 10.6. The number of unbranched alkanes of at least 4 members (excludes halogenated alkanes) is 15. The minimum absolute atomic E-state index is 0.00895. The van der Waals surface area contributed by atoms with Crippen LogP contribution in [0.2, 0.25) is 0 Å². The Kier molecular flexibility index (Phi) is 28.9. The summed E-state index contributed by atoms with van der Waals surface area (Å²) in [5.41, 5.74) is 0. The molecule has 0 aromatic carbocycles. The maximum atomic E-state index is 14.1. The van der Waals surface area contributed by atoms with Gasteiger partial charge >= 0.3 is 17.9 Å². The van der Waals surface area contributed by atoms with E-state index in [4.69, 9.17) is 28.4 Å². The van der Waals surface area contributed by atoms with Gasteiger partial charge in [-0.15, -0.1) is 0 Å². The number of ether oxygens (including phenoxy) is 6. The van der Waals surface area contributed by atoms with Crippen LogP contribution in [-0.4, -0.2) is 86.1 Å². The molecule has 0 spiro atoms. The molecular formula is C59H102O10. The van der Waals surface area contributed by atoms with Gasteiger partial charge in [0.25, 0.3) is 0 Å². The molecule has 5 aliphatic rings. The minimum Gasteiger partial charge on any atom is -0.463 e. The van der Waals surface area contributed by atoms with Crippen molar-refractivity contribution in [2.45, 2.75) is 282 Å². The van der Waals surface area contributed by atoms with Crippen LogP contribution in [0.1, 0.15) is 245 Å². The van der Waals surface area contributed by atoms with Crippen molar-refractivity contribution in [1.29, 1.82) is 0 Å². The standard InChI is InChI=1S/C59H102O10/c1-4-7-9-11-13-15-20-39-65-54-36-32-48(43-53(54)60)45-26-28-46(29-27-45)49-33-37-55(66-40-21-16-14-12-10-8-5-2)56(44-49)69-59(63)50-24-23-25-52(42-50)68-58(62)47-30-34-51(35-31-47)64-38-19-17-18-22-41-67-57(61)6-3/h6,45-56,60H,3-5,7-44H2,1-2H3. The van der Waals surface area contributed by atoms with Crippen molar-refractivity contribution in [3.05, 3.63) is 12.7 Å². The SMILES string of the molecule is C=CC(=O)OCCCCCCOC1CCC(C(=O)OC2CCCC(C(=O)OC3CC(C4CCC(C5CCC(OCCCCCCCCC)C(O)C5)CC4)CCC3OCCCCCCCCC)C2)CC1. The summed E-state index contributed by atoms with van der Waals surface area (Å²) in [4.78, 5) is 38.7. The first-order chi connectivity index (χ1) is 33.8. The van der Waals surface area contributed by atoms with Crippen molar-refractivity contribution in [3.63, 3.8) is 0 Å². The fourth-order valence-electron chi connectivity index (χ4n) is 12.8. The molecular weight excluding hydrogens is 869 g/mol. The van der Waals surface area contributed by atoms with Crippen molar-refractivity contribution in [2.24, 2.45) is 35.5 Å². The zero-order valence-electron chi connectivity index (χ0n) is 44.1. The van der Waals surface area contributed by atoms with E-state index >= 15 is 0 Å². The minimum atomic E-state index is -0.368. The monoisotopic (exact) mass is 971 g/mol. The normalized spacial score (nSPS) is 30.9. The lowest BCUT2D eigenvalue weighted by atomic mass is 9.65. The number of esters is 3. The summed E-state index contributed by atoms with van der Waals surface area (Å²) in [6, 6.07) is 0. The summed E-state index contributed by atoms with van der Waals surface area (Å²) in [5, 5.41) is 11.1. The number of hydrogen-bond donors (Lipinski definition) is 1. The van der Waals surface area contributed by atoms with E-state index in [9.17, 15) is 19.5 Å². The zero-order valence-corrected chi connectivity index (χ0v) is 44.1. The second kappa shape index (κ2) is 34.4. The third-order valence-electron chi connectivity index (χ3n) is 17.2. The van der Waals surface area contributed by atoms with E-state index in [0.717, 1.165) is 129 Å². The van der Waals surface area contributed by atoms with Gasteiger partial charge in [0.2, 0.25) is 0 Å². The number of hydrogen-bond acceptors (Lipinski definition) is 10. The Bertz CT molecular complexity index is 1390. The Morgan fingerprint density at radius 3 is 1.52 bits per heavy atom. The quantitative estimate of drug-likeness (QED) is 0.0294. The molecule has 0 aromatic heterocycles. The highest BCUT2D eigenvalue weighted by molar-refractivity contribution is 5.81. The molecule has 8 unspecified atom stereocenters. The number of carbonyl (C=O) groups is 3. The van der Waals surface area contributed by atoms with E-state index in [0.29, 0.717) is 43.3 Å². The molecule has 10 nitrogen and oxygen atoms in total. The smallest absolute Gasteiger partial charge is 0.330 e. The highest BCUT2D eigenvalue weighted by Crippen LogP contribution is 2.46. The van der Waals surface area contributed by atoms with Crippen LogP contribution in [0.5, 0.6) is 0 Å². The summed E-state index contributed by atoms with van der Waals surface area (Å²) in [5.74, 6) is 1.51. The molecule has 5 aliphatic carbocycles. The maximum Gasteiger partial charge on any atom is 0.330 e. The van der Waals surface area contributed by atoms with Gasteiger partial charge in [-0.25, -0.2) is 4.79 Å². The zero-order chi connectivity index (χ0) is 48.9. The fraction of sp³-hybridized carbons (Fsp3) is 0.915. The van der Waals surface area contributed by atoms with E-state index in [1.54, 1.807) is 0 Å². The van der Waals surface area contributed by atoms with E-state index in [1.165, 1.54) is 115 Å². The van der Waals surface area contributed by atoms with E-state index in [-0.39, 0.29) is 66.4 Å². The van der Waals surface area contributed by atoms with Crippen molar-refractivity contribution >= 4 is 17.9 Å². The van der Waals surface area contributed by atoms with Gasteiger partial charge in [0.05, 0.1) is 42.9 Å². The summed E-state index contributed by atoms with van der Waals surface area (Å²) < 4.78 is 36.8. The van der Waals surface area contributed by atoms with Crippen LogP contribution in [0, 0.1) is 35.5 Å². The molecule has 0 aromatic rings. The lowest BCUT2D eigenvalue weighted by Gasteiger charge is -2.44. The summed E-state index contributed by atoms with van der Waals surface area (Å²) in [6.07, 6.45) is 39.3. The van der Waals surface area contributed by atoms with Gasteiger partial charge < -0.3 is 33.5 Å². The average molecular weight is 971 g/mol. The molecule has 5 fully saturated rings. The van der Waals surface area contributed by atoms with Crippen molar-refractivity contribution in [3.8, 4) is 0 Å². The van der Waals surface area contributed by atoms with Gasteiger partial charge in [0.1, 0.15) is 12.2 Å². The average Bonchev–Trinajstić information content (AvgIpc) is 3.37. The number of rotatable bonds is 33. The van der Waals surface area contributed by atoms with Crippen LogP contribution in [0.4, 0.5) is 0 Å². The Morgan fingerprint density at radius 2 is 0.942 bits per heavy atom. The summed E-state index contributed by atoms with van der Waals surface area (Å²) in [7, 11) is 0. The van der Waals surface area contributed by atoms with E-state index in [2.05, 4.69) is 20.4 Å². The molecule has 0 heterocycles. The third-order valence-corrected chi connectivity index (χ3v) is 17.2. The van der Waals surface area contributed by atoms with Gasteiger partial charge in [-0.05, 0) is 171 Å². The largest absolute Gasteiger partial charge is 0.463 e. The van der Waals surface area contributed by atoms with Crippen LogP contribution in [0.25, 0.3) is 0 Å². The number of aliphatic hydroxyl groups is 1. The number of carbonyl (C=O) groups excluding carboxylic acids is 3. The predicted molar refractivity (Wildman–Crippen MR) is 275 cm³/mol. The lowest BCUT2D eigenvalue weighted by molar-refractivity contribution is -0.174. The van der Waals surface area contributed by atoms with Gasteiger partial charge in [-0.1, -0.05) is 104 Å². The van der Waals surface area contributed by atoms with Crippen LogP contribution >= 0.6 is 0 Å². The highest BCUT2D eigenvalue weighted by atomic mass is 16.6. The van der Waals surface area contributed by atoms with Gasteiger partial charge in [-0.2, -0.15) is 0 Å². The maximum absolute atomic E-state index is 14.1.